The van der Waals surface area contributed by atoms with Gasteiger partial charge in [0.25, 0.3) is 0 Å². The zero-order valence-electron chi connectivity index (χ0n) is 6.44. The van der Waals surface area contributed by atoms with E-state index in [2.05, 4.69) is 0 Å². The van der Waals surface area contributed by atoms with Crippen molar-refractivity contribution in [2.75, 3.05) is 0 Å². The van der Waals surface area contributed by atoms with E-state index < -0.39 is 18.6 Å². The third kappa shape index (κ3) is 2.22. The summed E-state index contributed by atoms with van der Waals surface area (Å²) in [4.78, 5) is 10.4. The molecule has 13 heavy (non-hydrogen) atoms. The van der Waals surface area contributed by atoms with Crippen LogP contribution in [0.1, 0.15) is 6.42 Å². The Morgan fingerprint density at radius 2 is 2.15 bits per heavy atom. The van der Waals surface area contributed by atoms with Crippen molar-refractivity contribution in [1.82, 2.24) is 0 Å². The molecule has 69 valence electrons. The number of carboxylic acids is 1. The molecule has 0 aromatic heterocycles. The zero-order valence-corrected chi connectivity index (χ0v) is 9.58. The van der Waals surface area contributed by atoms with Crippen molar-refractivity contribution in [3.63, 3.8) is 0 Å². The van der Waals surface area contributed by atoms with Crippen molar-refractivity contribution in [3.8, 4) is 0 Å². The Labute approximate surface area is 101 Å². The van der Waals surface area contributed by atoms with Crippen LogP contribution in [0.25, 0.3) is 0 Å². The Kier molecular flexibility index (Phi) is 3.00. The van der Waals surface area contributed by atoms with Crippen molar-refractivity contribution in [3.05, 3.63) is 23.2 Å². The Morgan fingerprint density at radius 3 is 2.54 bits per heavy atom. The van der Waals surface area contributed by atoms with Gasteiger partial charge in [0, 0.05) is 0 Å². The number of allylic oxidation sites excluding steroid dienone is 1. The molecule has 0 spiro atoms. The molecule has 1 aliphatic carbocycles. The first kappa shape index (κ1) is 11.0. The minimum atomic E-state index is -1.60. The van der Waals surface area contributed by atoms with Crippen LogP contribution in [-0.2, 0) is 4.79 Å². The normalized spacial score (nSPS) is 28.5. The van der Waals surface area contributed by atoms with E-state index in [0.29, 0.717) is 0 Å². The summed E-state index contributed by atoms with van der Waals surface area (Å²) in [6.07, 6.45) is 0.661. The van der Waals surface area contributed by atoms with Crippen molar-refractivity contribution < 1.29 is 64.9 Å². The van der Waals surface area contributed by atoms with Gasteiger partial charge in [0.15, 0.2) is 0 Å². The first-order valence-electron chi connectivity index (χ1n) is 3.36. The fourth-order valence-corrected chi connectivity index (χ4v) is 1.99. The average molecular weight is 310 g/mol. The SMILES string of the molecule is O=C([O-])C1=CC(O)=C(O)[C](O)([Ce])C1. The molecule has 1 rings (SSSR count). The second kappa shape index (κ2) is 3.56. The van der Waals surface area contributed by atoms with Gasteiger partial charge in [-0.25, -0.2) is 0 Å². The molecule has 6 heteroatoms. The van der Waals surface area contributed by atoms with Crippen LogP contribution in [0.15, 0.2) is 23.2 Å². The third-order valence-corrected chi connectivity index (χ3v) is 2.95. The molecule has 0 aromatic carbocycles. The van der Waals surface area contributed by atoms with Gasteiger partial charge in [-0.05, 0) is 0 Å². The second-order valence-corrected chi connectivity index (χ2v) is 5.33. The van der Waals surface area contributed by atoms with Crippen LogP contribution in [0.2, 0.25) is 0 Å². The van der Waals surface area contributed by atoms with Gasteiger partial charge in [0.2, 0.25) is 0 Å². The van der Waals surface area contributed by atoms with E-state index in [1.54, 1.807) is 0 Å². The fourth-order valence-electron chi connectivity index (χ4n) is 0.987. The van der Waals surface area contributed by atoms with Gasteiger partial charge in [-0.1, -0.05) is 0 Å². The maximum atomic E-state index is 10.4. The molecule has 1 unspecified atom stereocenters. The monoisotopic (exact) mass is 310 g/mol. The van der Waals surface area contributed by atoms with Crippen LogP contribution < -0.4 is 5.11 Å². The Balaban J connectivity index is 3.12. The molecule has 0 bridgehead atoms. The number of hydrogen-bond acceptors (Lipinski definition) is 5. The molecule has 0 heterocycles. The number of carbonyl (C=O) groups is 1. The summed E-state index contributed by atoms with van der Waals surface area (Å²) >= 11 is 0.122. The number of rotatable bonds is 1. The number of carboxylic acid groups (broad SMARTS) is 1. The molecule has 0 fully saturated rings. The Hall–Kier alpha value is -0.113. The van der Waals surface area contributed by atoms with Crippen molar-refractivity contribution in [2.45, 2.75) is 7.54 Å². The number of aliphatic hydroxyl groups excluding tert-OH is 2. The predicted octanol–water partition coefficient (Wildman–Crippen LogP) is -1.37. The Bertz CT molecular complexity index is 315. The fraction of sp³-hybridized carbons (Fsp3) is 0.286. The van der Waals surface area contributed by atoms with Gasteiger partial charge >= 0.3 is 102 Å². The first-order valence-corrected chi connectivity index (χ1v) is 4.93. The molecule has 0 saturated carbocycles. The molecular weight excluding hydrogens is 304 g/mol. The van der Waals surface area contributed by atoms with Crippen LogP contribution in [0, 0.1) is 39.6 Å². The van der Waals surface area contributed by atoms with E-state index >= 15 is 0 Å². The first-order chi connectivity index (χ1) is 5.84. The summed E-state index contributed by atoms with van der Waals surface area (Å²) in [5.74, 6) is -2.62. The molecule has 0 aliphatic heterocycles. The van der Waals surface area contributed by atoms with Gasteiger partial charge in [-0.2, -0.15) is 0 Å². The van der Waals surface area contributed by atoms with Gasteiger partial charge in [0.1, 0.15) is 0 Å². The predicted molar refractivity (Wildman–Crippen MR) is 34.9 cm³/mol. The van der Waals surface area contributed by atoms with Crippen molar-refractivity contribution in [1.29, 1.82) is 0 Å². The van der Waals surface area contributed by atoms with Crippen LogP contribution in [0.4, 0.5) is 0 Å². The topological polar surface area (TPSA) is 101 Å². The van der Waals surface area contributed by atoms with Crippen molar-refractivity contribution in [2.24, 2.45) is 0 Å². The van der Waals surface area contributed by atoms with Gasteiger partial charge in [-0.15, -0.1) is 0 Å². The third-order valence-electron chi connectivity index (χ3n) is 1.65. The number of hydrogen-bond donors (Lipinski definition) is 3. The molecule has 5 nitrogen and oxygen atoms in total. The second-order valence-electron chi connectivity index (χ2n) is 2.73. The zero-order chi connectivity index (χ0) is 10.2. The van der Waals surface area contributed by atoms with Crippen molar-refractivity contribution >= 4 is 5.97 Å². The van der Waals surface area contributed by atoms with Crippen LogP contribution in [0.5, 0.6) is 0 Å². The standard InChI is InChI=1S/C7H7O5.Ce/c8-4-1-3(7(11)12)2-5(9)6(4)10;/h1,8-10H,2H2,(H,11,12);/p-1. The Morgan fingerprint density at radius 1 is 1.62 bits per heavy atom. The molecule has 0 saturated heterocycles. The molecule has 0 amide bonds. The number of carbonyl (C=O) groups excluding carboxylic acids is 1. The van der Waals surface area contributed by atoms with E-state index in [9.17, 15) is 15.0 Å². The minimum absolute atomic E-state index is 0.122. The van der Waals surface area contributed by atoms with E-state index in [1.165, 1.54) is 0 Å². The molecule has 1 atom stereocenters. The van der Waals surface area contributed by atoms with Crippen LogP contribution >= 0.6 is 0 Å². The van der Waals surface area contributed by atoms with E-state index in [1.807, 2.05) is 0 Å². The number of aliphatic hydroxyl groups is 3. The van der Waals surface area contributed by atoms with E-state index in [0.717, 1.165) is 6.08 Å². The van der Waals surface area contributed by atoms with Gasteiger partial charge in [-0.3, -0.25) is 0 Å². The average Bonchev–Trinajstić information content (AvgIpc) is 1.99. The summed E-state index contributed by atoms with van der Waals surface area (Å²) in [6.45, 7) is 0. The summed E-state index contributed by atoms with van der Waals surface area (Å²) in [5.41, 5.74) is -0.215. The van der Waals surface area contributed by atoms with Crippen LogP contribution in [-0.4, -0.2) is 22.4 Å². The summed E-state index contributed by atoms with van der Waals surface area (Å²) in [5, 5.41) is 38.1. The van der Waals surface area contributed by atoms with E-state index in [4.69, 9.17) is 10.2 Å². The summed E-state index contributed by atoms with van der Waals surface area (Å²) < 4.78 is -1.60. The molecule has 1 aliphatic rings. The molecule has 3 N–H and O–H groups in total. The summed E-state index contributed by atoms with van der Waals surface area (Å²) in [7, 11) is 0. The van der Waals surface area contributed by atoms with Crippen LogP contribution in [0.3, 0.4) is 0 Å². The molecule has 0 aromatic rings. The molecular formula is C7H6CeO5-. The number of aliphatic carboxylic acids is 1. The quantitative estimate of drug-likeness (QED) is 0.555. The van der Waals surface area contributed by atoms with Gasteiger partial charge in [0.05, 0.1) is 0 Å². The van der Waals surface area contributed by atoms with Gasteiger partial charge < -0.3 is 0 Å². The maximum absolute atomic E-state index is 10.4. The van der Waals surface area contributed by atoms with E-state index in [-0.39, 0.29) is 51.6 Å². The summed E-state index contributed by atoms with van der Waals surface area (Å²) in [6, 6.07) is 0. The molecule has 0 radical (unpaired) electrons.